The highest BCUT2D eigenvalue weighted by molar-refractivity contribution is 5.70. The van der Waals surface area contributed by atoms with Crippen LogP contribution in [-0.4, -0.2) is 29.8 Å². The quantitative estimate of drug-likeness (QED) is 0.659. The Morgan fingerprint density at radius 3 is 2.54 bits per heavy atom. The average molecular weight is 197 g/mol. The second-order valence-corrected chi connectivity index (χ2v) is 3.11. The lowest BCUT2D eigenvalue weighted by molar-refractivity contribution is -0.168. The van der Waals surface area contributed by atoms with E-state index < -0.39 is 24.1 Å². The normalized spacial score (nSPS) is 30.1. The zero-order valence-corrected chi connectivity index (χ0v) is 6.77. The minimum Gasteiger partial charge on any atom is -0.481 e. The molecule has 0 unspecified atom stereocenters. The summed E-state index contributed by atoms with van der Waals surface area (Å²) in [6, 6.07) is -1.66. The van der Waals surface area contributed by atoms with Crippen molar-refractivity contribution < 1.29 is 23.1 Å². The molecule has 0 bridgehead atoms. The Morgan fingerprint density at radius 1 is 1.46 bits per heavy atom. The number of nitrogens with one attached hydrogen (secondary N) is 1. The van der Waals surface area contributed by atoms with Gasteiger partial charge in [0.25, 0.3) is 0 Å². The molecule has 0 radical (unpaired) electrons. The molecule has 0 saturated carbocycles. The first-order chi connectivity index (χ1) is 5.91. The van der Waals surface area contributed by atoms with E-state index in [1.165, 1.54) is 0 Å². The molecule has 1 aliphatic heterocycles. The van der Waals surface area contributed by atoms with Crippen molar-refractivity contribution in [2.24, 2.45) is 5.92 Å². The molecule has 1 aliphatic rings. The van der Waals surface area contributed by atoms with E-state index in [1.807, 2.05) is 0 Å². The summed E-state index contributed by atoms with van der Waals surface area (Å²) in [4.78, 5) is 10.4. The van der Waals surface area contributed by atoms with E-state index in [2.05, 4.69) is 5.32 Å². The van der Waals surface area contributed by atoms with Gasteiger partial charge in [-0.1, -0.05) is 0 Å². The van der Waals surface area contributed by atoms with Crippen molar-refractivity contribution in [3.05, 3.63) is 0 Å². The summed E-state index contributed by atoms with van der Waals surface area (Å²) in [5, 5.41) is 10.8. The number of carboxylic acid groups (broad SMARTS) is 1. The lowest BCUT2D eigenvalue weighted by Gasteiger charge is -2.29. The fourth-order valence-electron chi connectivity index (χ4n) is 1.39. The Labute approximate surface area is 72.9 Å². The lowest BCUT2D eigenvalue weighted by atomic mass is 9.92. The molecule has 0 aromatic carbocycles. The smallest absolute Gasteiger partial charge is 0.403 e. The minimum absolute atomic E-state index is 0.112. The molecule has 1 saturated heterocycles. The van der Waals surface area contributed by atoms with Crippen LogP contribution in [0, 0.1) is 5.92 Å². The van der Waals surface area contributed by atoms with Gasteiger partial charge in [-0.2, -0.15) is 13.2 Å². The Bertz CT molecular complexity index is 204. The maximum absolute atomic E-state index is 12.1. The number of carbonyl (C=O) groups is 1. The molecule has 0 amide bonds. The third-order valence-corrected chi connectivity index (χ3v) is 2.15. The number of piperidine rings is 1. The number of aliphatic carboxylic acids is 1. The predicted molar refractivity (Wildman–Crippen MR) is 38.2 cm³/mol. The van der Waals surface area contributed by atoms with Crippen LogP contribution >= 0.6 is 0 Å². The number of hydrogen-bond acceptors (Lipinski definition) is 2. The maximum atomic E-state index is 12.1. The number of hydrogen-bond donors (Lipinski definition) is 2. The molecule has 76 valence electrons. The molecule has 0 aliphatic carbocycles. The third kappa shape index (κ3) is 2.58. The summed E-state index contributed by atoms with van der Waals surface area (Å²) in [7, 11) is 0. The standard InChI is InChI=1S/C7H10F3NO2/c8-7(9,10)5-3-4(6(12)13)1-2-11-5/h4-5,11H,1-3H2,(H,12,13)/t4-,5-/m0/s1. The van der Waals surface area contributed by atoms with Gasteiger partial charge in [0.1, 0.15) is 6.04 Å². The molecule has 1 rings (SSSR count). The molecule has 0 aromatic rings. The zero-order valence-electron chi connectivity index (χ0n) is 6.77. The van der Waals surface area contributed by atoms with E-state index in [4.69, 9.17) is 5.11 Å². The SMILES string of the molecule is O=C(O)[C@H]1CCN[C@H](C(F)(F)F)C1. The van der Waals surface area contributed by atoms with Crippen LogP contribution in [0.15, 0.2) is 0 Å². The maximum Gasteiger partial charge on any atom is 0.403 e. The third-order valence-electron chi connectivity index (χ3n) is 2.15. The minimum atomic E-state index is -4.34. The van der Waals surface area contributed by atoms with Gasteiger partial charge >= 0.3 is 12.1 Å². The van der Waals surface area contributed by atoms with Crippen LogP contribution in [0.2, 0.25) is 0 Å². The number of halogens is 3. The number of alkyl halides is 3. The van der Waals surface area contributed by atoms with E-state index in [-0.39, 0.29) is 19.4 Å². The van der Waals surface area contributed by atoms with Crippen LogP contribution in [0.5, 0.6) is 0 Å². The van der Waals surface area contributed by atoms with Crippen LogP contribution in [-0.2, 0) is 4.79 Å². The van der Waals surface area contributed by atoms with Crippen molar-refractivity contribution in [2.75, 3.05) is 6.54 Å². The molecule has 6 heteroatoms. The summed E-state index contributed by atoms with van der Waals surface area (Å²) in [5.41, 5.74) is 0. The molecule has 0 spiro atoms. The van der Waals surface area contributed by atoms with Crippen molar-refractivity contribution in [1.29, 1.82) is 0 Å². The first kappa shape index (κ1) is 10.3. The van der Waals surface area contributed by atoms with Gasteiger partial charge in [-0.05, 0) is 19.4 Å². The summed E-state index contributed by atoms with van der Waals surface area (Å²) >= 11 is 0. The predicted octanol–water partition coefficient (Wildman–Crippen LogP) is 1.00. The number of rotatable bonds is 1. The van der Waals surface area contributed by atoms with Crippen LogP contribution in [0.25, 0.3) is 0 Å². The molecule has 13 heavy (non-hydrogen) atoms. The Balaban J connectivity index is 2.57. The van der Waals surface area contributed by atoms with E-state index in [0.29, 0.717) is 0 Å². The monoisotopic (exact) mass is 197 g/mol. The van der Waals surface area contributed by atoms with Gasteiger partial charge in [0.15, 0.2) is 0 Å². The van der Waals surface area contributed by atoms with Crippen molar-refractivity contribution in [3.63, 3.8) is 0 Å². The highest BCUT2D eigenvalue weighted by Gasteiger charge is 2.43. The van der Waals surface area contributed by atoms with Gasteiger partial charge < -0.3 is 10.4 Å². The van der Waals surface area contributed by atoms with Crippen molar-refractivity contribution in [1.82, 2.24) is 5.32 Å². The van der Waals surface area contributed by atoms with Crippen LogP contribution in [0.4, 0.5) is 13.2 Å². The second-order valence-electron chi connectivity index (χ2n) is 3.11. The van der Waals surface area contributed by atoms with E-state index >= 15 is 0 Å². The number of carboxylic acids is 1. The van der Waals surface area contributed by atoms with Gasteiger partial charge in [0.05, 0.1) is 5.92 Å². The highest BCUT2D eigenvalue weighted by atomic mass is 19.4. The first-order valence-electron chi connectivity index (χ1n) is 3.94. The summed E-state index contributed by atoms with van der Waals surface area (Å²) < 4.78 is 36.4. The molecular weight excluding hydrogens is 187 g/mol. The second kappa shape index (κ2) is 3.53. The van der Waals surface area contributed by atoms with Crippen molar-refractivity contribution in [2.45, 2.75) is 25.1 Å². The van der Waals surface area contributed by atoms with Gasteiger partial charge in [0, 0.05) is 0 Å². The van der Waals surface area contributed by atoms with Gasteiger partial charge in [-0.25, -0.2) is 0 Å². The van der Waals surface area contributed by atoms with Crippen LogP contribution < -0.4 is 5.32 Å². The van der Waals surface area contributed by atoms with Gasteiger partial charge in [-0.15, -0.1) is 0 Å². The molecule has 0 aromatic heterocycles. The van der Waals surface area contributed by atoms with Gasteiger partial charge in [-0.3, -0.25) is 4.79 Å². The van der Waals surface area contributed by atoms with Crippen LogP contribution in [0.1, 0.15) is 12.8 Å². The lowest BCUT2D eigenvalue weighted by Crippen LogP contribution is -2.48. The largest absolute Gasteiger partial charge is 0.481 e. The zero-order chi connectivity index (χ0) is 10.1. The Kier molecular flexibility index (Phi) is 2.80. The Morgan fingerprint density at radius 2 is 2.08 bits per heavy atom. The summed E-state index contributed by atoms with van der Waals surface area (Å²) in [6.45, 7) is 0.112. The Hall–Kier alpha value is -0.780. The summed E-state index contributed by atoms with van der Waals surface area (Å²) in [6.07, 6.45) is -4.44. The van der Waals surface area contributed by atoms with E-state index in [0.717, 1.165) is 0 Å². The molecule has 1 heterocycles. The average Bonchev–Trinajstić information content (AvgIpc) is 2.03. The van der Waals surface area contributed by atoms with Gasteiger partial charge in [0.2, 0.25) is 0 Å². The fraction of sp³-hybridized carbons (Fsp3) is 0.857. The molecule has 1 fully saturated rings. The molecule has 2 atom stereocenters. The van der Waals surface area contributed by atoms with Crippen molar-refractivity contribution >= 4 is 5.97 Å². The topological polar surface area (TPSA) is 49.3 Å². The van der Waals surface area contributed by atoms with Crippen molar-refractivity contribution in [3.8, 4) is 0 Å². The van der Waals surface area contributed by atoms with E-state index in [9.17, 15) is 18.0 Å². The molecule has 3 nitrogen and oxygen atoms in total. The van der Waals surface area contributed by atoms with E-state index in [1.54, 1.807) is 0 Å². The highest BCUT2D eigenvalue weighted by Crippen LogP contribution is 2.28. The molecular formula is C7H10F3NO2. The molecule has 2 N–H and O–H groups in total. The van der Waals surface area contributed by atoms with Crippen LogP contribution in [0.3, 0.4) is 0 Å². The first-order valence-corrected chi connectivity index (χ1v) is 3.94. The summed E-state index contributed by atoms with van der Waals surface area (Å²) in [5.74, 6) is -2.01. The fourth-order valence-corrected chi connectivity index (χ4v) is 1.39.